The van der Waals surface area contributed by atoms with Crippen molar-refractivity contribution in [1.82, 2.24) is 4.98 Å². The molecule has 0 aliphatic rings. The van der Waals surface area contributed by atoms with Crippen molar-refractivity contribution in [3.8, 4) is 0 Å². The summed E-state index contributed by atoms with van der Waals surface area (Å²) in [5.41, 5.74) is 0.363. The van der Waals surface area contributed by atoms with Crippen LogP contribution in [0.1, 0.15) is 15.5 Å². The monoisotopic (exact) mass is 189 g/mol. The van der Waals surface area contributed by atoms with E-state index in [4.69, 9.17) is 0 Å². The van der Waals surface area contributed by atoms with Crippen LogP contribution in [0, 0.1) is 0 Å². The van der Waals surface area contributed by atoms with E-state index in [1.807, 2.05) is 0 Å². The van der Waals surface area contributed by atoms with E-state index in [-0.39, 0.29) is 0 Å². The van der Waals surface area contributed by atoms with Gasteiger partial charge in [-0.2, -0.15) is 12.6 Å². The lowest BCUT2D eigenvalue weighted by molar-refractivity contribution is 0.0595. The molecule has 0 aromatic carbocycles. The second-order valence-electron chi connectivity index (χ2n) is 1.78. The Hall–Kier alpha value is -0.550. The van der Waals surface area contributed by atoms with Crippen LogP contribution in [-0.4, -0.2) is 18.1 Å². The summed E-state index contributed by atoms with van der Waals surface area (Å²) in [6.07, 6.45) is 0. The lowest BCUT2D eigenvalue weighted by atomic mass is 10.5. The zero-order valence-corrected chi connectivity index (χ0v) is 7.61. The highest BCUT2D eigenvalue weighted by Gasteiger charge is 2.08. The largest absolute Gasteiger partial charge is 0.464 e. The zero-order chi connectivity index (χ0) is 8.27. The first-order valence-corrected chi connectivity index (χ1v) is 4.42. The first-order valence-electron chi connectivity index (χ1n) is 2.91. The first-order chi connectivity index (χ1) is 5.27. The zero-order valence-electron chi connectivity index (χ0n) is 5.90. The van der Waals surface area contributed by atoms with E-state index in [0.29, 0.717) is 11.4 Å². The third kappa shape index (κ3) is 1.94. The average molecular weight is 189 g/mol. The number of nitrogens with zero attached hydrogens (tertiary/aromatic N) is 1. The minimum atomic E-state index is -0.394. The molecule has 1 heterocycles. The third-order valence-corrected chi connectivity index (χ3v) is 2.44. The molecule has 60 valence electrons. The van der Waals surface area contributed by atoms with Gasteiger partial charge in [0.1, 0.15) is 5.01 Å². The summed E-state index contributed by atoms with van der Waals surface area (Å²) in [5, 5.41) is 2.49. The van der Waals surface area contributed by atoms with Crippen LogP contribution in [0.4, 0.5) is 0 Å². The highest BCUT2D eigenvalue weighted by Crippen LogP contribution is 2.11. The van der Waals surface area contributed by atoms with Gasteiger partial charge in [0.2, 0.25) is 0 Å². The van der Waals surface area contributed by atoms with E-state index in [1.165, 1.54) is 18.4 Å². The van der Waals surface area contributed by atoms with Crippen LogP contribution in [0.15, 0.2) is 5.38 Å². The molecule has 0 N–H and O–H groups in total. The summed E-state index contributed by atoms with van der Waals surface area (Å²) < 4.78 is 4.47. The smallest absolute Gasteiger partial charge is 0.357 e. The molecule has 0 amide bonds. The highest BCUT2D eigenvalue weighted by molar-refractivity contribution is 7.79. The van der Waals surface area contributed by atoms with Gasteiger partial charge in [-0.15, -0.1) is 11.3 Å². The molecule has 1 rings (SSSR count). The Morgan fingerprint density at radius 3 is 3.09 bits per heavy atom. The summed E-state index contributed by atoms with van der Waals surface area (Å²) in [4.78, 5) is 14.8. The minimum Gasteiger partial charge on any atom is -0.464 e. The fraction of sp³-hybridized carbons (Fsp3) is 0.333. The quantitative estimate of drug-likeness (QED) is 0.564. The van der Waals surface area contributed by atoms with Gasteiger partial charge in [0.25, 0.3) is 0 Å². The first kappa shape index (κ1) is 8.55. The number of ether oxygens (including phenoxy) is 1. The topological polar surface area (TPSA) is 39.2 Å². The number of thiazole rings is 1. The molecule has 5 heteroatoms. The van der Waals surface area contributed by atoms with Crippen LogP contribution in [-0.2, 0) is 10.5 Å². The van der Waals surface area contributed by atoms with E-state index in [2.05, 4.69) is 22.3 Å². The Balaban J connectivity index is 2.80. The van der Waals surface area contributed by atoms with Gasteiger partial charge >= 0.3 is 5.97 Å². The van der Waals surface area contributed by atoms with Gasteiger partial charge in [0, 0.05) is 11.1 Å². The van der Waals surface area contributed by atoms with Crippen molar-refractivity contribution >= 4 is 29.9 Å². The number of esters is 1. The molecule has 0 saturated carbocycles. The molecule has 3 nitrogen and oxygen atoms in total. The van der Waals surface area contributed by atoms with Crippen molar-refractivity contribution in [2.24, 2.45) is 0 Å². The van der Waals surface area contributed by atoms with Crippen molar-refractivity contribution in [1.29, 1.82) is 0 Å². The predicted molar refractivity (Wildman–Crippen MR) is 46.1 cm³/mol. The van der Waals surface area contributed by atoms with Gasteiger partial charge in [-0.3, -0.25) is 0 Å². The molecule has 0 saturated heterocycles. The Morgan fingerprint density at radius 1 is 1.91 bits per heavy atom. The Bertz CT molecular complexity index is 259. The van der Waals surface area contributed by atoms with Crippen molar-refractivity contribution < 1.29 is 9.53 Å². The maximum atomic E-state index is 10.8. The van der Waals surface area contributed by atoms with Gasteiger partial charge < -0.3 is 4.74 Å². The van der Waals surface area contributed by atoms with Crippen LogP contribution in [0.5, 0.6) is 0 Å². The molecule has 0 aliphatic heterocycles. The molecule has 1 aromatic rings. The summed E-state index contributed by atoms with van der Waals surface area (Å²) >= 11 is 5.42. The fourth-order valence-corrected chi connectivity index (χ4v) is 1.50. The average Bonchev–Trinajstić information content (AvgIpc) is 2.50. The SMILES string of the molecule is COC(=O)c1csc(CS)n1. The number of rotatable bonds is 2. The number of methoxy groups -OCH3 is 1. The Kier molecular flexibility index (Phi) is 2.90. The molecule has 0 bridgehead atoms. The summed E-state index contributed by atoms with van der Waals surface area (Å²) in [6, 6.07) is 0. The predicted octanol–water partition coefficient (Wildman–Crippen LogP) is 1.36. The van der Waals surface area contributed by atoms with Gasteiger partial charge in [-0.05, 0) is 0 Å². The minimum absolute atomic E-state index is 0.363. The van der Waals surface area contributed by atoms with Crippen molar-refractivity contribution in [3.05, 3.63) is 16.1 Å². The molecule has 0 atom stereocenters. The lowest BCUT2D eigenvalue weighted by Gasteiger charge is -1.90. The second-order valence-corrected chi connectivity index (χ2v) is 3.04. The van der Waals surface area contributed by atoms with E-state index in [0.717, 1.165) is 5.01 Å². The number of aromatic nitrogens is 1. The van der Waals surface area contributed by atoms with E-state index >= 15 is 0 Å². The molecule has 11 heavy (non-hydrogen) atoms. The van der Waals surface area contributed by atoms with E-state index < -0.39 is 5.97 Å². The molecule has 1 aromatic heterocycles. The number of thiol groups is 1. The Labute approximate surface area is 73.8 Å². The van der Waals surface area contributed by atoms with Crippen LogP contribution < -0.4 is 0 Å². The number of carbonyl (C=O) groups excluding carboxylic acids is 1. The molecule has 0 spiro atoms. The third-order valence-electron chi connectivity index (χ3n) is 1.08. The maximum Gasteiger partial charge on any atom is 0.357 e. The van der Waals surface area contributed by atoms with Crippen molar-refractivity contribution in [2.75, 3.05) is 7.11 Å². The number of carbonyl (C=O) groups is 1. The van der Waals surface area contributed by atoms with E-state index in [9.17, 15) is 4.79 Å². The molecule has 0 unspecified atom stereocenters. The molecule has 0 aliphatic carbocycles. The summed E-state index contributed by atoms with van der Waals surface area (Å²) in [6.45, 7) is 0. The summed E-state index contributed by atoms with van der Waals surface area (Å²) in [5.74, 6) is 0.163. The van der Waals surface area contributed by atoms with Crippen LogP contribution in [0.2, 0.25) is 0 Å². The second kappa shape index (κ2) is 3.73. The van der Waals surface area contributed by atoms with Crippen molar-refractivity contribution in [3.63, 3.8) is 0 Å². The standard InChI is InChI=1S/C6H7NO2S2/c1-9-6(8)4-3-11-5(2-10)7-4/h3,10H,2H2,1H3. The summed E-state index contributed by atoms with van der Waals surface area (Å²) in [7, 11) is 1.34. The van der Waals surface area contributed by atoms with Crippen LogP contribution in [0.25, 0.3) is 0 Å². The van der Waals surface area contributed by atoms with Gasteiger partial charge in [0.15, 0.2) is 5.69 Å². The van der Waals surface area contributed by atoms with Crippen LogP contribution in [0.3, 0.4) is 0 Å². The Morgan fingerprint density at radius 2 is 2.64 bits per heavy atom. The lowest BCUT2D eigenvalue weighted by Crippen LogP contribution is -2.01. The fourth-order valence-electron chi connectivity index (χ4n) is 0.582. The van der Waals surface area contributed by atoms with Crippen molar-refractivity contribution in [2.45, 2.75) is 5.75 Å². The molecular formula is C6H7NO2S2. The molecular weight excluding hydrogens is 182 g/mol. The normalized spacial score (nSPS) is 9.64. The van der Waals surface area contributed by atoms with Gasteiger partial charge in [0.05, 0.1) is 7.11 Å². The van der Waals surface area contributed by atoms with Gasteiger partial charge in [-0.25, -0.2) is 9.78 Å². The van der Waals surface area contributed by atoms with Crippen LogP contribution >= 0.6 is 24.0 Å². The molecule has 0 radical (unpaired) electrons. The number of hydrogen-bond donors (Lipinski definition) is 1. The maximum absolute atomic E-state index is 10.8. The van der Waals surface area contributed by atoms with E-state index in [1.54, 1.807) is 5.38 Å². The van der Waals surface area contributed by atoms with Gasteiger partial charge in [-0.1, -0.05) is 0 Å². The molecule has 0 fully saturated rings. The highest BCUT2D eigenvalue weighted by atomic mass is 32.1. The number of hydrogen-bond acceptors (Lipinski definition) is 5.